The number of carboxylic acid groups (broad SMARTS) is 1. The number of hydrogen-bond acceptors (Lipinski definition) is 3. The van der Waals surface area contributed by atoms with Crippen molar-refractivity contribution in [2.45, 2.75) is 45.1 Å². The molecule has 1 aromatic heterocycles. The molecule has 0 bridgehead atoms. The van der Waals surface area contributed by atoms with E-state index in [9.17, 15) is 14.7 Å². The fraction of sp³-hybridized carbons (Fsp3) is 0.571. The van der Waals surface area contributed by atoms with Gasteiger partial charge >= 0.3 is 5.97 Å². The van der Waals surface area contributed by atoms with Crippen LogP contribution in [0.15, 0.2) is 16.7 Å². The molecule has 1 saturated heterocycles. The molecule has 0 aromatic carbocycles. The quantitative estimate of drug-likeness (QED) is 0.910. The molecule has 0 aliphatic carbocycles. The van der Waals surface area contributed by atoms with Crippen LogP contribution in [0.5, 0.6) is 0 Å². The highest BCUT2D eigenvalue weighted by Crippen LogP contribution is 2.22. The lowest BCUT2D eigenvalue weighted by Gasteiger charge is -2.26. The van der Waals surface area contributed by atoms with Gasteiger partial charge in [0, 0.05) is 13.0 Å². The monoisotopic (exact) mass is 265 g/mol. The number of furan rings is 1. The van der Waals surface area contributed by atoms with Crippen molar-refractivity contribution >= 4 is 11.9 Å². The number of aryl methyl sites for hydroxylation is 1. The van der Waals surface area contributed by atoms with Gasteiger partial charge in [-0.25, -0.2) is 4.79 Å². The smallest absolute Gasteiger partial charge is 0.326 e. The first-order valence-electron chi connectivity index (χ1n) is 6.75. The SMILES string of the molecule is CCc1occc1C(=O)N1CCCCCC1C(=O)O. The zero-order valence-corrected chi connectivity index (χ0v) is 11.1. The van der Waals surface area contributed by atoms with Gasteiger partial charge < -0.3 is 14.4 Å². The molecule has 1 aromatic rings. The summed E-state index contributed by atoms with van der Waals surface area (Å²) in [6.07, 6.45) is 5.32. The Bertz CT molecular complexity index is 466. The van der Waals surface area contributed by atoms with Gasteiger partial charge in [-0.2, -0.15) is 0 Å². The van der Waals surface area contributed by atoms with Gasteiger partial charge in [-0.05, 0) is 18.9 Å². The highest BCUT2D eigenvalue weighted by atomic mass is 16.4. The topological polar surface area (TPSA) is 70.8 Å². The van der Waals surface area contributed by atoms with E-state index in [0.29, 0.717) is 30.7 Å². The normalized spacial score (nSPS) is 20.1. The summed E-state index contributed by atoms with van der Waals surface area (Å²) in [4.78, 5) is 25.3. The number of rotatable bonds is 3. The van der Waals surface area contributed by atoms with Crippen molar-refractivity contribution in [3.8, 4) is 0 Å². The zero-order chi connectivity index (χ0) is 13.8. The Morgan fingerprint density at radius 3 is 2.89 bits per heavy atom. The number of carboxylic acids is 1. The minimum atomic E-state index is -0.920. The third kappa shape index (κ3) is 2.80. The van der Waals surface area contributed by atoms with Crippen LogP contribution < -0.4 is 0 Å². The van der Waals surface area contributed by atoms with Gasteiger partial charge in [0.15, 0.2) is 0 Å². The summed E-state index contributed by atoms with van der Waals surface area (Å²) in [6, 6.07) is 0.917. The molecule has 0 saturated carbocycles. The van der Waals surface area contributed by atoms with Crippen LogP contribution in [0.1, 0.15) is 48.7 Å². The van der Waals surface area contributed by atoms with Gasteiger partial charge in [0.25, 0.3) is 5.91 Å². The highest BCUT2D eigenvalue weighted by molar-refractivity contribution is 5.97. The second-order valence-electron chi connectivity index (χ2n) is 4.81. The van der Waals surface area contributed by atoms with Gasteiger partial charge in [-0.1, -0.05) is 19.8 Å². The molecule has 2 heterocycles. The van der Waals surface area contributed by atoms with Crippen molar-refractivity contribution in [1.82, 2.24) is 4.90 Å². The summed E-state index contributed by atoms with van der Waals surface area (Å²) in [6.45, 7) is 2.41. The third-order valence-electron chi connectivity index (χ3n) is 3.60. The first-order valence-corrected chi connectivity index (χ1v) is 6.75. The minimum Gasteiger partial charge on any atom is -0.480 e. The Morgan fingerprint density at radius 1 is 1.42 bits per heavy atom. The Labute approximate surface area is 112 Å². The van der Waals surface area contributed by atoms with Gasteiger partial charge in [0.2, 0.25) is 0 Å². The summed E-state index contributed by atoms with van der Waals surface area (Å²) in [5.41, 5.74) is 0.496. The third-order valence-corrected chi connectivity index (χ3v) is 3.60. The second kappa shape index (κ2) is 5.91. The van der Waals surface area contributed by atoms with Gasteiger partial charge in [0.05, 0.1) is 11.8 Å². The van der Waals surface area contributed by atoms with Crippen molar-refractivity contribution in [1.29, 1.82) is 0 Å². The first kappa shape index (κ1) is 13.6. The van der Waals surface area contributed by atoms with Gasteiger partial charge in [0.1, 0.15) is 11.8 Å². The summed E-state index contributed by atoms with van der Waals surface area (Å²) in [5, 5.41) is 9.29. The number of amides is 1. The van der Waals surface area contributed by atoms with Crippen LogP contribution in [-0.4, -0.2) is 34.5 Å². The average molecular weight is 265 g/mol. The van der Waals surface area contributed by atoms with Crippen molar-refractivity contribution in [2.24, 2.45) is 0 Å². The van der Waals surface area contributed by atoms with Crippen LogP contribution in [0, 0.1) is 0 Å². The lowest BCUT2D eigenvalue weighted by Crippen LogP contribution is -2.44. The molecule has 5 nitrogen and oxygen atoms in total. The number of nitrogens with zero attached hydrogens (tertiary/aromatic N) is 1. The Morgan fingerprint density at radius 2 is 2.21 bits per heavy atom. The van der Waals surface area contributed by atoms with Crippen LogP contribution in [-0.2, 0) is 11.2 Å². The molecule has 19 heavy (non-hydrogen) atoms. The van der Waals surface area contributed by atoms with E-state index in [4.69, 9.17) is 4.42 Å². The van der Waals surface area contributed by atoms with E-state index >= 15 is 0 Å². The predicted octanol–water partition coefficient (Wildman–Crippen LogP) is 2.31. The highest BCUT2D eigenvalue weighted by Gasteiger charge is 2.32. The van der Waals surface area contributed by atoms with Crippen molar-refractivity contribution in [3.63, 3.8) is 0 Å². The maximum absolute atomic E-state index is 12.5. The van der Waals surface area contributed by atoms with E-state index in [0.717, 1.165) is 19.3 Å². The molecule has 0 radical (unpaired) electrons. The molecule has 1 N–H and O–H groups in total. The van der Waals surface area contributed by atoms with E-state index in [-0.39, 0.29) is 5.91 Å². The molecule has 1 unspecified atom stereocenters. The van der Waals surface area contributed by atoms with Crippen LogP contribution >= 0.6 is 0 Å². The number of hydrogen-bond donors (Lipinski definition) is 1. The van der Waals surface area contributed by atoms with Gasteiger partial charge in [-0.3, -0.25) is 4.79 Å². The fourth-order valence-corrected chi connectivity index (χ4v) is 2.57. The van der Waals surface area contributed by atoms with Crippen LogP contribution in [0.4, 0.5) is 0 Å². The molecule has 1 aliphatic heterocycles. The average Bonchev–Trinajstić information content (AvgIpc) is 2.73. The Hall–Kier alpha value is -1.78. The van der Waals surface area contributed by atoms with Crippen LogP contribution in [0.25, 0.3) is 0 Å². The molecule has 2 rings (SSSR count). The predicted molar refractivity (Wildman–Crippen MR) is 69.0 cm³/mol. The van der Waals surface area contributed by atoms with E-state index in [2.05, 4.69) is 0 Å². The number of likely N-dealkylation sites (tertiary alicyclic amines) is 1. The molecule has 5 heteroatoms. The zero-order valence-electron chi connectivity index (χ0n) is 11.1. The molecular weight excluding hydrogens is 246 g/mol. The number of carbonyl (C=O) groups excluding carboxylic acids is 1. The first-order chi connectivity index (χ1) is 9.15. The summed E-state index contributed by atoms with van der Waals surface area (Å²) >= 11 is 0. The molecule has 1 aliphatic rings. The standard InChI is InChI=1S/C14H19NO4/c1-2-12-10(7-9-19-12)13(16)15-8-5-3-4-6-11(15)14(17)18/h7,9,11H,2-6,8H2,1H3,(H,17,18). The van der Waals surface area contributed by atoms with E-state index in [1.54, 1.807) is 6.07 Å². The molecule has 104 valence electrons. The molecule has 1 fully saturated rings. The fourth-order valence-electron chi connectivity index (χ4n) is 2.57. The second-order valence-corrected chi connectivity index (χ2v) is 4.81. The van der Waals surface area contributed by atoms with Gasteiger partial charge in [-0.15, -0.1) is 0 Å². The van der Waals surface area contributed by atoms with Crippen LogP contribution in [0.3, 0.4) is 0 Å². The molecule has 1 atom stereocenters. The van der Waals surface area contributed by atoms with E-state index in [1.807, 2.05) is 6.92 Å². The molecular formula is C14H19NO4. The largest absolute Gasteiger partial charge is 0.480 e. The minimum absolute atomic E-state index is 0.222. The maximum Gasteiger partial charge on any atom is 0.326 e. The van der Waals surface area contributed by atoms with Crippen molar-refractivity contribution in [2.75, 3.05) is 6.54 Å². The number of carbonyl (C=O) groups is 2. The summed E-state index contributed by atoms with van der Waals surface area (Å²) < 4.78 is 5.26. The van der Waals surface area contributed by atoms with E-state index in [1.165, 1.54) is 11.2 Å². The Kier molecular flexibility index (Phi) is 4.24. The summed E-state index contributed by atoms with van der Waals surface area (Å²) in [7, 11) is 0. The number of aliphatic carboxylic acids is 1. The molecule has 0 spiro atoms. The Balaban J connectivity index is 2.26. The van der Waals surface area contributed by atoms with Crippen LogP contribution in [0.2, 0.25) is 0 Å². The van der Waals surface area contributed by atoms with E-state index < -0.39 is 12.0 Å². The molecule has 1 amide bonds. The van der Waals surface area contributed by atoms with Crippen molar-refractivity contribution in [3.05, 3.63) is 23.7 Å². The maximum atomic E-state index is 12.5. The van der Waals surface area contributed by atoms with Crippen molar-refractivity contribution < 1.29 is 19.1 Å². The lowest BCUT2D eigenvalue weighted by molar-refractivity contribution is -0.142. The summed E-state index contributed by atoms with van der Waals surface area (Å²) in [5.74, 6) is -0.518. The lowest BCUT2D eigenvalue weighted by atomic mass is 10.1.